The van der Waals surface area contributed by atoms with Crippen molar-refractivity contribution in [1.82, 2.24) is 0 Å². The zero-order valence-electron chi connectivity index (χ0n) is 17.2. The first kappa shape index (κ1) is 24.0. The summed E-state index contributed by atoms with van der Waals surface area (Å²) in [4.78, 5) is 0. The molecule has 0 heterocycles. The molecule has 1 rings (SSSR count). The lowest BCUT2D eigenvalue weighted by atomic mass is 10.1. The first-order chi connectivity index (χ1) is 12.5. The Hall–Kier alpha value is -1.01. The Balaban J connectivity index is 2.84. The van der Waals surface area contributed by atoms with E-state index < -0.39 is 16.1 Å². The SMILES string of the molecule is C=CCOP(=O)(OCC=C)OCc1ccccc1CO[Si](C)(C)C(C)(C)C. The molecule has 0 amide bonds. The van der Waals surface area contributed by atoms with Crippen LogP contribution in [0.15, 0.2) is 49.6 Å². The molecule has 0 fully saturated rings. The quantitative estimate of drug-likeness (QED) is 0.231. The summed E-state index contributed by atoms with van der Waals surface area (Å²) in [6, 6.07) is 7.78. The third-order valence-corrected chi connectivity index (χ3v) is 10.4. The van der Waals surface area contributed by atoms with E-state index in [0.29, 0.717) is 6.61 Å². The van der Waals surface area contributed by atoms with Gasteiger partial charge in [-0.05, 0) is 29.3 Å². The summed E-state index contributed by atoms with van der Waals surface area (Å²) in [6.45, 7) is 18.9. The molecule has 0 aliphatic heterocycles. The minimum atomic E-state index is -3.69. The van der Waals surface area contributed by atoms with Gasteiger partial charge in [-0.15, -0.1) is 13.2 Å². The molecule has 0 saturated heterocycles. The average Bonchev–Trinajstić information content (AvgIpc) is 2.61. The lowest BCUT2D eigenvalue weighted by Crippen LogP contribution is -2.40. The van der Waals surface area contributed by atoms with Crippen LogP contribution in [-0.2, 0) is 35.8 Å². The predicted molar refractivity (Wildman–Crippen MR) is 113 cm³/mol. The summed E-state index contributed by atoms with van der Waals surface area (Å²) >= 11 is 0. The molecule has 0 radical (unpaired) electrons. The van der Waals surface area contributed by atoms with Crippen molar-refractivity contribution < 1.29 is 22.6 Å². The van der Waals surface area contributed by atoms with Crippen LogP contribution in [0.1, 0.15) is 31.9 Å². The van der Waals surface area contributed by atoms with Gasteiger partial charge in [-0.3, -0.25) is 13.6 Å². The zero-order chi connectivity index (χ0) is 20.6. The molecule has 0 aromatic heterocycles. The molecule has 0 atom stereocenters. The second-order valence-corrected chi connectivity index (χ2v) is 14.2. The fourth-order valence-corrected chi connectivity index (χ4v) is 3.91. The van der Waals surface area contributed by atoms with E-state index in [0.717, 1.165) is 11.1 Å². The summed E-state index contributed by atoms with van der Waals surface area (Å²) in [6.07, 6.45) is 2.99. The Morgan fingerprint density at radius 1 is 0.963 bits per heavy atom. The molecule has 0 saturated carbocycles. The van der Waals surface area contributed by atoms with Crippen molar-refractivity contribution in [1.29, 1.82) is 0 Å². The number of phosphoric acid groups is 1. The van der Waals surface area contributed by atoms with Crippen LogP contribution < -0.4 is 0 Å². The number of rotatable bonds is 12. The first-order valence-electron chi connectivity index (χ1n) is 9.01. The third-order valence-electron chi connectivity index (χ3n) is 4.59. The summed E-state index contributed by atoms with van der Waals surface area (Å²) in [5.74, 6) is 0. The van der Waals surface area contributed by atoms with Crippen LogP contribution in [0.3, 0.4) is 0 Å². The van der Waals surface area contributed by atoms with E-state index in [2.05, 4.69) is 47.0 Å². The van der Waals surface area contributed by atoms with E-state index in [1.165, 1.54) is 12.2 Å². The molecule has 1 aromatic rings. The maximum atomic E-state index is 12.7. The average molecular weight is 413 g/mol. The highest BCUT2D eigenvalue weighted by molar-refractivity contribution is 7.48. The molecule has 5 nitrogen and oxygen atoms in total. The van der Waals surface area contributed by atoms with Gasteiger partial charge in [0.15, 0.2) is 8.32 Å². The second-order valence-electron chi connectivity index (χ2n) is 7.71. The fraction of sp³-hybridized carbons (Fsp3) is 0.500. The number of hydrogen-bond acceptors (Lipinski definition) is 5. The van der Waals surface area contributed by atoms with Crippen LogP contribution in [0.5, 0.6) is 0 Å². The Morgan fingerprint density at radius 2 is 1.44 bits per heavy atom. The number of phosphoric ester groups is 1. The Morgan fingerprint density at radius 3 is 1.89 bits per heavy atom. The van der Waals surface area contributed by atoms with Crippen molar-refractivity contribution in [3.8, 4) is 0 Å². The normalized spacial score (nSPS) is 12.8. The maximum absolute atomic E-state index is 12.7. The lowest BCUT2D eigenvalue weighted by molar-refractivity contribution is 0.124. The van der Waals surface area contributed by atoms with Gasteiger partial charge in [0.1, 0.15) is 0 Å². The standard InChI is InChI=1S/C20H33O5PSi/c1-8-14-22-26(21,23-15-9-2)24-16-18-12-10-11-13-19(18)17-25-27(6,7)20(3,4)5/h8-13H,1-2,14-17H2,3-7H3. The molecule has 0 spiro atoms. The van der Waals surface area contributed by atoms with Gasteiger partial charge in [0, 0.05) is 0 Å². The maximum Gasteiger partial charge on any atom is 0.475 e. The molecule has 0 aliphatic carbocycles. The summed E-state index contributed by atoms with van der Waals surface area (Å²) < 4.78 is 35.0. The molecular formula is C20H33O5PSi. The zero-order valence-corrected chi connectivity index (χ0v) is 19.1. The Labute approximate surface area is 165 Å². The predicted octanol–water partition coefficient (Wildman–Crippen LogP) is 6.24. The number of hydrogen-bond donors (Lipinski definition) is 0. The van der Waals surface area contributed by atoms with Crippen molar-refractivity contribution in [2.45, 2.75) is 52.1 Å². The molecule has 0 N–H and O–H groups in total. The van der Waals surface area contributed by atoms with Gasteiger partial charge in [-0.2, -0.15) is 0 Å². The van der Waals surface area contributed by atoms with Crippen LogP contribution in [0.25, 0.3) is 0 Å². The minimum absolute atomic E-state index is 0.0740. The number of benzene rings is 1. The largest absolute Gasteiger partial charge is 0.475 e. The Kier molecular flexibility index (Phi) is 9.35. The highest BCUT2D eigenvalue weighted by Gasteiger charge is 2.37. The molecule has 1 aromatic carbocycles. The van der Waals surface area contributed by atoms with Gasteiger partial charge < -0.3 is 4.43 Å². The summed E-state index contributed by atoms with van der Waals surface area (Å²) in [5, 5.41) is 0.130. The molecule has 0 aliphatic rings. The van der Waals surface area contributed by atoms with E-state index in [1.807, 2.05) is 24.3 Å². The molecule has 0 unspecified atom stereocenters. The van der Waals surface area contributed by atoms with Gasteiger partial charge in [0.25, 0.3) is 0 Å². The van der Waals surface area contributed by atoms with Crippen LogP contribution in [-0.4, -0.2) is 21.5 Å². The minimum Gasteiger partial charge on any atom is -0.413 e. The third kappa shape index (κ3) is 7.86. The topological polar surface area (TPSA) is 54.0 Å². The monoisotopic (exact) mass is 412 g/mol. The smallest absolute Gasteiger partial charge is 0.413 e. The van der Waals surface area contributed by atoms with E-state index in [-0.39, 0.29) is 24.9 Å². The van der Waals surface area contributed by atoms with Crippen LogP contribution >= 0.6 is 7.82 Å². The summed E-state index contributed by atoms with van der Waals surface area (Å²) in [5.41, 5.74) is 1.89. The second kappa shape index (κ2) is 10.5. The van der Waals surface area contributed by atoms with Crippen molar-refractivity contribution in [2.75, 3.05) is 13.2 Å². The molecule has 7 heteroatoms. The van der Waals surface area contributed by atoms with Gasteiger partial charge in [0.05, 0.1) is 26.4 Å². The molecule has 152 valence electrons. The van der Waals surface area contributed by atoms with Crippen molar-refractivity contribution in [3.63, 3.8) is 0 Å². The van der Waals surface area contributed by atoms with Crippen LogP contribution in [0.4, 0.5) is 0 Å². The van der Waals surface area contributed by atoms with Crippen molar-refractivity contribution in [3.05, 3.63) is 60.7 Å². The molecular weight excluding hydrogens is 379 g/mol. The van der Waals surface area contributed by atoms with Crippen molar-refractivity contribution in [2.24, 2.45) is 0 Å². The van der Waals surface area contributed by atoms with E-state index in [9.17, 15) is 4.57 Å². The highest BCUT2D eigenvalue weighted by Crippen LogP contribution is 2.50. The van der Waals surface area contributed by atoms with Gasteiger partial charge in [0.2, 0.25) is 0 Å². The van der Waals surface area contributed by atoms with Gasteiger partial charge in [-0.25, -0.2) is 4.57 Å². The fourth-order valence-electron chi connectivity index (χ4n) is 1.86. The first-order valence-corrected chi connectivity index (χ1v) is 13.4. The van der Waals surface area contributed by atoms with E-state index >= 15 is 0 Å². The van der Waals surface area contributed by atoms with Crippen molar-refractivity contribution >= 4 is 16.1 Å². The van der Waals surface area contributed by atoms with Gasteiger partial charge in [-0.1, -0.05) is 57.2 Å². The molecule has 0 bridgehead atoms. The molecule has 27 heavy (non-hydrogen) atoms. The van der Waals surface area contributed by atoms with Crippen LogP contribution in [0, 0.1) is 0 Å². The van der Waals surface area contributed by atoms with Gasteiger partial charge >= 0.3 is 7.82 Å². The summed E-state index contributed by atoms with van der Waals surface area (Å²) in [7, 11) is -5.56. The Bertz CT molecular complexity index is 651. The van der Waals surface area contributed by atoms with E-state index in [4.69, 9.17) is 18.0 Å². The van der Waals surface area contributed by atoms with E-state index in [1.54, 1.807) is 0 Å². The highest BCUT2D eigenvalue weighted by atomic mass is 31.2. The van der Waals surface area contributed by atoms with Crippen LogP contribution in [0.2, 0.25) is 18.1 Å². The lowest BCUT2D eigenvalue weighted by Gasteiger charge is -2.36.